The first-order valence-electron chi connectivity index (χ1n) is 13.0. The Labute approximate surface area is 213 Å². The third-order valence-corrected chi connectivity index (χ3v) is 7.33. The normalized spacial score (nSPS) is 20.7. The molecule has 7 nitrogen and oxygen atoms in total. The molecule has 0 aliphatic carbocycles. The van der Waals surface area contributed by atoms with E-state index in [-0.39, 0.29) is 17.8 Å². The summed E-state index contributed by atoms with van der Waals surface area (Å²) in [6.07, 6.45) is 7.84. The fraction of sp³-hybridized carbons (Fsp3) is 0.571. The average molecular weight is 500 g/mol. The highest BCUT2D eigenvalue weighted by atomic mass is 19.1. The van der Waals surface area contributed by atoms with Gasteiger partial charge in [0.15, 0.2) is 11.6 Å². The Bertz CT molecular complexity index is 1050. The van der Waals surface area contributed by atoms with E-state index < -0.39 is 17.8 Å². The molecule has 196 valence electrons. The Morgan fingerprint density at radius 1 is 1.31 bits per heavy atom. The summed E-state index contributed by atoms with van der Waals surface area (Å²) in [5.41, 5.74) is 2.41. The van der Waals surface area contributed by atoms with Crippen molar-refractivity contribution in [1.29, 1.82) is 0 Å². The summed E-state index contributed by atoms with van der Waals surface area (Å²) < 4.78 is 26.1. The number of carboxylic acid groups (broad SMARTS) is 1. The zero-order valence-corrected chi connectivity index (χ0v) is 21.5. The standard InChI is InChI=1S/C28H38FN3O4/c1-18(2)20-15-23(26(35-3)24(29)16-20)25(28(33)34)32-13-11-22(17-32)36-14-5-4-8-21-10-9-19-7-6-12-30-27(19)31-21/h6-7,12,15-16,18,21-22,25H,4-5,8-11,13-14,17H2,1-3H3,(H,30,31)(H,33,34)/t21-,22+,25?/m0/s1. The van der Waals surface area contributed by atoms with Crippen molar-refractivity contribution in [2.45, 2.75) is 76.5 Å². The van der Waals surface area contributed by atoms with Crippen molar-refractivity contribution in [2.24, 2.45) is 0 Å². The van der Waals surface area contributed by atoms with Crippen LogP contribution in [0.4, 0.5) is 10.2 Å². The highest BCUT2D eigenvalue weighted by Gasteiger charge is 2.36. The SMILES string of the molecule is COc1c(F)cc(C(C)C)cc1C(C(=O)O)N1CC[C@@H](OCCCC[C@H]2CCc3cccnc3N2)C1. The number of likely N-dealkylation sites (tertiary alicyclic amines) is 1. The first kappa shape index (κ1) is 26.4. The minimum Gasteiger partial charge on any atom is -0.493 e. The van der Waals surface area contributed by atoms with Gasteiger partial charge in [-0.3, -0.25) is 9.69 Å². The fourth-order valence-corrected chi connectivity index (χ4v) is 5.32. The van der Waals surface area contributed by atoms with Gasteiger partial charge in [-0.1, -0.05) is 19.9 Å². The van der Waals surface area contributed by atoms with Crippen LogP contribution >= 0.6 is 0 Å². The third kappa shape index (κ3) is 6.16. The number of nitrogens with zero attached hydrogens (tertiary/aromatic N) is 2. The van der Waals surface area contributed by atoms with Gasteiger partial charge >= 0.3 is 5.97 Å². The molecule has 3 atom stereocenters. The molecular weight excluding hydrogens is 461 g/mol. The second-order valence-corrected chi connectivity index (χ2v) is 10.2. The summed E-state index contributed by atoms with van der Waals surface area (Å²) >= 11 is 0. The molecule has 1 saturated heterocycles. The van der Waals surface area contributed by atoms with Gasteiger partial charge in [0.2, 0.25) is 0 Å². The minimum absolute atomic E-state index is 0.00492. The number of halogens is 1. The molecule has 0 spiro atoms. The summed E-state index contributed by atoms with van der Waals surface area (Å²) in [6, 6.07) is 6.79. The zero-order valence-electron chi connectivity index (χ0n) is 21.5. The number of fused-ring (bicyclic) bond motifs is 1. The number of methoxy groups -OCH3 is 1. The van der Waals surface area contributed by atoms with Crippen molar-refractivity contribution >= 4 is 11.8 Å². The second kappa shape index (κ2) is 12.0. The number of aryl methyl sites for hydroxylation is 1. The van der Waals surface area contributed by atoms with Crippen LogP contribution in [0.3, 0.4) is 0 Å². The van der Waals surface area contributed by atoms with Gasteiger partial charge < -0.3 is 19.9 Å². The van der Waals surface area contributed by atoms with E-state index >= 15 is 0 Å². The maximum atomic E-state index is 14.7. The van der Waals surface area contributed by atoms with Gasteiger partial charge in [-0.05, 0) is 73.8 Å². The van der Waals surface area contributed by atoms with E-state index in [9.17, 15) is 14.3 Å². The lowest BCUT2D eigenvalue weighted by Crippen LogP contribution is -2.34. The molecule has 2 aliphatic heterocycles. The number of unbranched alkanes of at least 4 members (excludes halogenated alkanes) is 1. The molecule has 1 unspecified atom stereocenters. The van der Waals surface area contributed by atoms with E-state index in [1.807, 2.05) is 31.0 Å². The van der Waals surface area contributed by atoms with Crippen molar-refractivity contribution in [3.63, 3.8) is 0 Å². The number of aromatic nitrogens is 1. The van der Waals surface area contributed by atoms with E-state index in [0.29, 0.717) is 31.3 Å². The molecule has 0 amide bonds. The molecule has 8 heteroatoms. The van der Waals surface area contributed by atoms with Crippen molar-refractivity contribution in [3.05, 3.63) is 53.0 Å². The van der Waals surface area contributed by atoms with Crippen LogP contribution in [-0.2, 0) is 16.0 Å². The Balaban J connectivity index is 1.27. The van der Waals surface area contributed by atoms with Gasteiger partial charge in [0.1, 0.15) is 11.9 Å². The number of pyridine rings is 1. The molecule has 2 aromatic rings. The predicted octanol–water partition coefficient (Wildman–Crippen LogP) is 5.17. The van der Waals surface area contributed by atoms with E-state index in [2.05, 4.69) is 16.4 Å². The molecule has 0 bridgehead atoms. The van der Waals surface area contributed by atoms with Gasteiger partial charge in [-0.15, -0.1) is 0 Å². The van der Waals surface area contributed by atoms with Gasteiger partial charge in [0.25, 0.3) is 0 Å². The maximum Gasteiger partial charge on any atom is 0.325 e. The third-order valence-electron chi connectivity index (χ3n) is 7.33. The van der Waals surface area contributed by atoms with E-state index in [1.54, 1.807) is 6.07 Å². The van der Waals surface area contributed by atoms with Crippen LogP contribution in [0.15, 0.2) is 30.5 Å². The van der Waals surface area contributed by atoms with Gasteiger partial charge in [-0.2, -0.15) is 0 Å². The maximum absolute atomic E-state index is 14.7. The van der Waals surface area contributed by atoms with Crippen LogP contribution < -0.4 is 10.1 Å². The predicted molar refractivity (Wildman–Crippen MR) is 137 cm³/mol. The van der Waals surface area contributed by atoms with Crippen molar-refractivity contribution in [1.82, 2.24) is 9.88 Å². The van der Waals surface area contributed by atoms with Gasteiger partial charge in [-0.25, -0.2) is 9.37 Å². The monoisotopic (exact) mass is 499 g/mol. The van der Waals surface area contributed by atoms with E-state index in [0.717, 1.165) is 49.9 Å². The number of benzene rings is 1. The molecule has 3 heterocycles. The first-order valence-corrected chi connectivity index (χ1v) is 13.0. The number of carbonyl (C=O) groups is 1. The molecule has 2 N–H and O–H groups in total. The fourth-order valence-electron chi connectivity index (χ4n) is 5.32. The largest absolute Gasteiger partial charge is 0.493 e. The quantitative estimate of drug-likeness (QED) is 0.413. The van der Waals surface area contributed by atoms with Crippen LogP contribution in [0.2, 0.25) is 0 Å². The minimum atomic E-state index is -1.01. The van der Waals surface area contributed by atoms with Crippen LogP contribution in [0.1, 0.15) is 74.6 Å². The van der Waals surface area contributed by atoms with Crippen molar-refractivity contribution in [2.75, 3.05) is 32.1 Å². The summed E-state index contributed by atoms with van der Waals surface area (Å²) in [4.78, 5) is 18.6. The lowest BCUT2D eigenvalue weighted by atomic mass is 9.95. The van der Waals surface area contributed by atoms with Gasteiger partial charge in [0.05, 0.1) is 13.2 Å². The Kier molecular flexibility index (Phi) is 8.80. The summed E-state index contributed by atoms with van der Waals surface area (Å²) in [7, 11) is 1.38. The average Bonchev–Trinajstić information content (AvgIpc) is 3.31. The summed E-state index contributed by atoms with van der Waals surface area (Å²) in [6.45, 7) is 5.65. The highest BCUT2D eigenvalue weighted by Crippen LogP contribution is 2.37. The van der Waals surface area contributed by atoms with Crippen LogP contribution in [0.5, 0.6) is 5.75 Å². The number of carboxylic acids is 1. The highest BCUT2D eigenvalue weighted by molar-refractivity contribution is 5.77. The zero-order chi connectivity index (χ0) is 25.7. The summed E-state index contributed by atoms with van der Waals surface area (Å²) in [5.74, 6) is -0.443. The van der Waals surface area contributed by atoms with Crippen molar-refractivity contribution in [3.8, 4) is 5.75 Å². The molecule has 1 aromatic heterocycles. The lowest BCUT2D eigenvalue weighted by Gasteiger charge is -2.27. The Hall–Kier alpha value is -2.71. The molecule has 0 saturated carbocycles. The van der Waals surface area contributed by atoms with Crippen LogP contribution in [0, 0.1) is 5.82 Å². The van der Waals surface area contributed by atoms with Crippen molar-refractivity contribution < 1.29 is 23.8 Å². The number of rotatable bonds is 11. The number of nitrogens with one attached hydrogen (secondary N) is 1. The van der Waals surface area contributed by atoms with E-state index in [1.165, 1.54) is 18.7 Å². The van der Waals surface area contributed by atoms with E-state index in [4.69, 9.17) is 9.47 Å². The molecule has 2 aliphatic rings. The number of anilines is 1. The lowest BCUT2D eigenvalue weighted by molar-refractivity contribution is -0.143. The topological polar surface area (TPSA) is 83.9 Å². The smallest absolute Gasteiger partial charge is 0.325 e. The molecule has 4 rings (SSSR count). The first-order chi connectivity index (χ1) is 17.4. The molecule has 1 fully saturated rings. The van der Waals surface area contributed by atoms with Crippen LogP contribution in [0.25, 0.3) is 0 Å². The van der Waals surface area contributed by atoms with Gasteiger partial charge in [0, 0.05) is 37.5 Å². The van der Waals surface area contributed by atoms with Crippen LogP contribution in [-0.4, -0.2) is 59.9 Å². The number of hydrogen-bond donors (Lipinski definition) is 2. The number of aliphatic carboxylic acids is 1. The number of hydrogen-bond acceptors (Lipinski definition) is 6. The molecule has 0 radical (unpaired) electrons. The summed E-state index contributed by atoms with van der Waals surface area (Å²) in [5, 5.41) is 13.6. The Morgan fingerprint density at radius 2 is 2.14 bits per heavy atom. The molecular formula is C28H38FN3O4. The second-order valence-electron chi connectivity index (χ2n) is 10.2. The Morgan fingerprint density at radius 3 is 2.89 bits per heavy atom. The molecule has 36 heavy (non-hydrogen) atoms. The number of ether oxygens (including phenoxy) is 2. The molecule has 1 aromatic carbocycles.